The molecule has 0 aliphatic carbocycles. The molecule has 1 aromatic carbocycles. The van der Waals surface area contributed by atoms with Crippen LogP contribution >= 0.6 is 0 Å². The van der Waals surface area contributed by atoms with E-state index < -0.39 is 16.9 Å². The monoisotopic (exact) mass is 315 g/mol. The average Bonchev–Trinajstić information content (AvgIpc) is 3.00. The number of non-ortho nitro benzene ring substituents is 1. The lowest BCUT2D eigenvalue weighted by molar-refractivity contribution is -0.384. The minimum atomic E-state index is -0.568. The molecule has 0 amide bonds. The van der Waals surface area contributed by atoms with Gasteiger partial charge in [-0.15, -0.1) is 0 Å². The number of benzene rings is 1. The average molecular weight is 315 g/mol. The third-order valence-corrected chi connectivity index (χ3v) is 3.62. The van der Waals surface area contributed by atoms with Crippen molar-refractivity contribution in [2.24, 2.45) is 0 Å². The molecular formula is C14H13N5O4. The van der Waals surface area contributed by atoms with Crippen molar-refractivity contribution in [1.29, 1.82) is 0 Å². The Morgan fingerprint density at radius 1 is 1.39 bits per heavy atom. The lowest BCUT2D eigenvalue weighted by atomic mass is 9.95. The third-order valence-electron chi connectivity index (χ3n) is 3.62. The first-order chi connectivity index (χ1) is 11.0. The molecule has 1 unspecified atom stereocenters. The van der Waals surface area contributed by atoms with E-state index >= 15 is 0 Å². The van der Waals surface area contributed by atoms with E-state index in [-0.39, 0.29) is 5.69 Å². The number of nitro benzene ring substituents is 1. The van der Waals surface area contributed by atoms with Crippen LogP contribution in [0.1, 0.15) is 18.5 Å². The van der Waals surface area contributed by atoms with Gasteiger partial charge in [-0.25, -0.2) is 9.48 Å². The second-order valence-electron chi connectivity index (χ2n) is 4.93. The van der Waals surface area contributed by atoms with E-state index in [0.717, 1.165) is 0 Å². The quantitative estimate of drug-likeness (QED) is 0.520. The summed E-state index contributed by atoms with van der Waals surface area (Å²) in [4.78, 5) is 26.6. The van der Waals surface area contributed by atoms with Crippen LogP contribution in [0.5, 0.6) is 0 Å². The molecule has 0 fully saturated rings. The lowest BCUT2D eigenvalue weighted by Gasteiger charge is -2.27. The number of nitrogens with zero attached hydrogens (tertiary/aromatic N) is 4. The third kappa shape index (κ3) is 2.41. The number of hydrogen-bond donors (Lipinski definition) is 1. The topological polar surface area (TPSA) is 112 Å². The minimum Gasteiger partial charge on any atom is -0.466 e. The van der Waals surface area contributed by atoms with E-state index in [4.69, 9.17) is 4.74 Å². The van der Waals surface area contributed by atoms with E-state index in [1.54, 1.807) is 23.7 Å². The molecule has 0 spiro atoms. The molecule has 1 N–H and O–H groups in total. The van der Waals surface area contributed by atoms with Gasteiger partial charge in [-0.1, -0.05) is 0 Å². The smallest absolute Gasteiger partial charge is 0.338 e. The maximum atomic E-state index is 12.2. The standard InChI is InChI=1S/C14H13N5O4/c1-8-11(13(20)23-2)12(18-14(17-8)15-7-16-18)9-3-5-10(6-4-9)19(21)22/h3-7,12H,1-2H3,(H,15,16,17). The second-order valence-corrected chi connectivity index (χ2v) is 4.93. The Morgan fingerprint density at radius 2 is 2.09 bits per heavy atom. The van der Waals surface area contributed by atoms with E-state index in [9.17, 15) is 14.9 Å². The number of methoxy groups -OCH3 is 1. The van der Waals surface area contributed by atoms with Gasteiger partial charge in [-0.2, -0.15) is 10.1 Å². The van der Waals surface area contributed by atoms with Crippen molar-refractivity contribution in [3.63, 3.8) is 0 Å². The molecule has 2 aromatic rings. The number of hydrogen-bond acceptors (Lipinski definition) is 7. The largest absolute Gasteiger partial charge is 0.466 e. The van der Waals surface area contributed by atoms with Crippen molar-refractivity contribution in [3.05, 3.63) is 57.5 Å². The predicted octanol–water partition coefficient (Wildman–Crippen LogP) is 1.65. The summed E-state index contributed by atoms with van der Waals surface area (Å²) in [7, 11) is 1.30. The molecule has 23 heavy (non-hydrogen) atoms. The van der Waals surface area contributed by atoms with Crippen LogP contribution in [0.15, 0.2) is 41.9 Å². The van der Waals surface area contributed by atoms with Crippen LogP contribution in [-0.2, 0) is 9.53 Å². The minimum absolute atomic E-state index is 0.0261. The Morgan fingerprint density at radius 3 is 2.70 bits per heavy atom. The Labute approximate surface area is 130 Å². The molecule has 0 saturated carbocycles. The van der Waals surface area contributed by atoms with Gasteiger partial charge in [0.05, 0.1) is 17.6 Å². The summed E-state index contributed by atoms with van der Waals surface area (Å²) < 4.78 is 6.40. The van der Waals surface area contributed by atoms with Crippen molar-refractivity contribution < 1.29 is 14.5 Å². The summed E-state index contributed by atoms with van der Waals surface area (Å²) in [6.45, 7) is 1.74. The van der Waals surface area contributed by atoms with E-state index in [1.807, 2.05) is 0 Å². The zero-order chi connectivity index (χ0) is 16.6. The Balaban J connectivity index is 2.13. The maximum absolute atomic E-state index is 12.2. The highest BCUT2D eigenvalue weighted by Gasteiger charge is 2.34. The molecule has 0 radical (unpaired) electrons. The van der Waals surface area contributed by atoms with Crippen LogP contribution in [-0.4, -0.2) is 32.8 Å². The number of ether oxygens (including phenoxy) is 1. The molecule has 1 atom stereocenters. The Bertz CT molecular complexity index is 809. The summed E-state index contributed by atoms with van der Waals surface area (Å²) in [5, 5.41) is 17.9. The van der Waals surface area contributed by atoms with Crippen LogP contribution in [0, 0.1) is 10.1 Å². The van der Waals surface area contributed by atoms with Crippen molar-refractivity contribution in [2.75, 3.05) is 12.4 Å². The molecule has 2 heterocycles. The van der Waals surface area contributed by atoms with Crippen LogP contribution < -0.4 is 5.32 Å². The van der Waals surface area contributed by atoms with Gasteiger partial charge in [0.1, 0.15) is 12.4 Å². The highest BCUT2D eigenvalue weighted by atomic mass is 16.6. The fraction of sp³-hybridized carbons (Fsp3) is 0.214. The Hall–Kier alpha value is -3.23. The molecule has 3 rings (SSSR count). The van der Waals surface area contributed by atoms with Crippen LogP contribution in [0.2, 0.25) is 0 Å². The van der Waals surface area contributed by atoms with Crippen LogP contribution in [0.4, 0.5) is 11.6 Å². The first-order valence-electron chi connectivity index (χ1n) is 6.73. The molecule has 118 valence electrons. The zero-order valence-corrected chi connectivity index (χ0v) is 12.4. The van der Waals surface area contributed by atoms with Gasteiger partial charge in [0, 0.05) is 17.8 Å². The van der Waals surface area contributed by atoms with Gasteiger partial charge in [-0.3, -0.25) is 10.1 Å². The highest BCUT2D eigenvalue weighted by molar-refractivity contribution is 5.92. The first-order valence-corrected chi connectivity index (χ1v) is 6.73. The molecule has 1 aliphatic rings. The van der Waals surface area contributed by atoms with Crippen LogP contribution in [0.25, 0.3) is 0 Å². The summed E-state index contributed by atoms with van der Waals surface area (Å²) in [6, 6.07) is 5.39. The fourth-order valence-electron chi connectivity index (χ4n) is 2.55. The number of allylic oxidation sites excluding steroid dienone is 1. The van der Waals surface area contributed by atoms with Gasteiger partial charge >= 0.3 is 5.97 Å². The van der Waals surface area contributed by atoms with Crippen LogP contribution in [0.3, 0.4) is 0 Å². The lowest BCUT2D eigenvalue weighted by Crippen LogP contribution is -2.29. The van der Waals surface area contributed by atoms with E-state index in [1.165, 1.54) is 25.6 Å². The number of nitro groups is 1. The molecular weight excluding hydrogens is 302 g/mol. The molecule has 1 aromatic heterocycles. The second kappa shape index (κ2) is 5.52. The van der Waals surface area contributed by atoms with E-state index in [0.29, 0.717) is 22.8 Å². The molecule has 0 saturated heterocycles. The summed E-state index contributed by atoms with van der Waals surface area (Å²) in [5.41, 5.74) is 1.62. The maximum Gasteiger partial charge on any atom is 0.338 e. The summed E-state index contributed by atoms with van der Waals surface area (Å²) in [5.74, 6) is -0.0157. The number of carbonyl (C=O) groups excluding carboxylic acids is 1. The van der Waals surface area contributed by atoms with E-state index in [2.05, 4.69) is 15.4 Å². The number of rotatable bonds is 3. The molecule has 1 aliphatic heterocycles. The van der Waals surface area contributed by atoms with Gasteiger partial charge in [-0.05, 0) is 24.6 Å². The number of carbonyl (C=O) groups is 1. The SMILES string of the molecule is COC(=O)C1=C(C)Nc2ncnn2C1c1ccc([N+](=O)[O-])cc1. The summed E-state index contributed by atoms with van der Waals surface area (Å²) in [6.07, 6.45) is 1.37. The first kappa shape index (κ1) is 14.7. The van der Waals surface area contributed by atoms with Gasteiger partial charge in [0.25, 0.3) is 5.69 Å². The predicted molar refractivity (Wildman–Crippen MR) is 79.6 cm³/mol. The number of aromatic nitrogens is 3. The number of esters is 1. The number of fused-ring (bicyclic) bond motifs is 1. The molecule has 9 heteroatoms. The zero-order valence-electron chi connectivity index (χ0n) is 12.4. The number of anilines is 1. The van der Waals surface area contributed by atoms with Gasteiger partial charge in [0.2, 0.25) is 5.95 Å². The van der Waals surface area contributed by atoms with Gasteiger partial charge in [0.15, 0.2) is 0 Å². The Kier molecular flexibility index (Phi) is 3.53. The van der Waals surface area contributed by atoms with Crippen molar-refractivity contribution in [1.82, 2.24) is 14.8 Å². The number of nitrogens with one attached hydrogen (secondary N) is 1. The van der Waals surface area contributed by atoms with Gasteiger partial charge < -0.3 is 10.1 Å². The van der Waals surface area contributed by atoms with Crippen molar-refractivity contribution >= 4 is 17.6 Å². The van der Waals surface area contributed by atoms with Crippen molar-refractivity contribution in [3.8, 4) is 0 Å². The molecule has 0 bridgehead atoms. The molecule has 9 nitrogen and oxygen atoms in total. The highest BCUT2D eigenvalue weighted by Crippen LogP contribution is 2.35. The normalized spacial score (nSPS) is 16.5. The van der Waals surface area contributed by atoms with Crippen molar-refractivity contribution in [2.45, 2.75) is 13.0 Å². The fourth-order valence-corrected chi connectivity index (χ4v) is 2.55. The summed E-state index contributed by atoms with van der Waals surface area (Å²) >= 11 is 0.